The number of hydrogen-bond donors (Lipinski definition) is 1. The summed E-state index contributed by atoms with van der Waals surface area (Å²) in [4.78, 5) is 0. The molecule has 5 heteroatoms. The van der Waals surface area contributed by atoms with Crippen LogP contribution in [-0.4, -0.2) is 20.1 Å². The first-order valence-electron chi connectivity index (χ1n) is 5.18. The molecule has 0 amide bonds. The number of aliphatic hydroxyl groups is 1. The van der Waals surface area contributed by atoms with Crippen LogP contribution in [0.1, 0.15) is 44.0 Å². The molecule has 1 rings (SSSR count). The fourth-order valence-electron chi connectivity index (χ4n) is 1.77. The third kappa shape index (κ3) is 2.34. The van der Waals surface area contributed by atoms with E-state index in [0.717, 1.165) is 18.5 Å². The smallest absolute Gasteiger partial charge is 0.130 e. The number of aliphatic hydroxyl groups excluding tert-OH is 1. The summed E-state index contributed by atoms with van der Waals surface area (Å²) in [5, 5.41) is 25.6. The van der Waals surface area contributed by atoms with Gasteiger partial charge in [-0.2, -0.15) is 5.26 Å². The second-order valence-electron chi connectivity index (χ2n) is 3.41. The van der Waals surface area contributed by atoms with Crippen LogP contribution in [0.5, 0.6) is 0 Å². The van der Waals surface area contributed by atoms with Crippen molar-refractivity contribution in [1.82, 2.24) is 15.0 Å². The highest BCUT2D eigenvalue weighted by molar-refractivity contribution is 5.15. The Morgan fingerprint density at radius 1 is 1.47 bits per heavy atom. The topological polar surface area (TPSA) is 74.7 Å². The second kappa shape index (κ2) is 5.47. The Hall–Kier alpha value is -1.41. The van der Waals surface area contributed by atoms with Crippen LogP contribution < -0.4 is 0 Å². The van der Waals surface area contributed by atoms with Gasteiger partial charge in [0, 0.05) is 5.92 Å². The van der Waals surface area contributed by atoms with Crippen molar-refractivity contribution in [3.8, 4) is 6.07 Å². The summed E-state index contributed by atoms with van der Waals surface area (Å²) in [6.07, 6.45) is 1.92. The highest BCUT2D eigenvalue weighted by Gasteiger charge is 2.19. The first-order chi connectivity index (χ1) is 7.28. The molecule has 0 atom stereocenters. The SMILES string of the molecule is CCC(CC)c1c(CO)nnn1CC#N. The summed E-state index contributed by atoms with van der Waals surface area (Å²) in [6.45, 7) is 4.24. The van der Waals surface area contributed by atoms with E-state index in [-0.39, 0.29) is 13.2 Å². The molecule has 0 radical (unpaired) electrons. The molecule has 0 aliphatic carbocycles. The van der Waals surface area contributed by atoms with Gasteiger partial charge in [-0.05, 0) is 12.8 Å². The molecule has 1 aromatic rings. The zero-order chi connectivity index (χ0) is 11.3. The van der Waals surface area contributed by atoms with Gasteiger partial charge in [0.05, 0.1) is 18.4 Å². The molecule has 0 fully saturated rings. The summed E-state index contributed by atoms with van der Waals surface area (Å²) in [5.41, 5.74) is 1.50. The lowest BCUT2D eigenvalue weighted by molar-refractivity contribution is 0.274. The minimum absolute atomic E-state index is 0.114. The van der Waals surface area contributed by atoms with Crippen molar-refractivity contribution in [3.63, 3.8) is 0 Å². The standard InChI is InChI=1S/C10H16N4O/c1-3-8(4-2)10-9(7-15)12-13-14(10)6-5-11/h8,15H,3-4,6-7H2,1-2H3. The molecule has 1 heterocycles. The molecule has 0 saturated carbocycles. The average molecular weight is 208 g/mol. The first-order valence-corrected chi connectivity index (χ1v) is 5.18. The Morgan fingerprint density at radius 2 is 2.13 bits per heavy atom. The number of rotatable bonds is 5. The largest absolute Gasteiger partial charge is 0.390 e. The molecule has 0 spiro atoms. The molecule has 82 valence electrons. The van der Waals surface area contributed by atoms with E-state index in [1.807, 2.05) is 6.07 Å². The van der Waals surface area contributed by atoms with Crippen LogP contribution in [0.25, 0.3) is 0 Å². The minimum Gasteiger partial charge on any atom is -0.390 e. The molecular formula is C10H16N4O. The lowest BCUT2D eigenvalue weighted by Crippen LogP contribution is -2.10. The van der Waals surface area contributed by atoms with E-state index in [1.54, 1.807) is 4.68 Å². The van der Waals surface area contributed by atoms with Crippen molar-refractivity contribution in [2.75, 3.05) is 0 Å². The third-order valence-corrected chi connectivity index (χ3v) is 2.59. The second-order valence-corrected chi connectivity index (χ2v) is 3.41. The molecule has 0 unspecified atom stereocenters. The van der Waals surface area contributed by atoms with Gasteiger partial charge in [-0.1, -0.05) is 19.1 Å². The van der Waals surface area contributed by atoms with Gasteiger partial charge in [-0.15, -0.1) is 5.10 Å². The zero-order valence-electron chi connectivity index (χ0n) is 9.14. The normalized spacial score (nSPS) is 10.6. The van der Waals surface area contributed by atoms with Gasteiger partial charge in [0.15, 0.2) is 0 Å². The van der Waals surface area contributed by atoms with Crippen LogP contribution in [0.15, 0.2) is 0 Å². The Balaban J connectivity index is 3.09. The quantitative estimate of drug-likeness (QED) is 0.788. The minimum atomic E-state index is -0.114. The van der Waals surface area contributed by atoms with E-state index in [1.165, 1.54) is 0 Å². The Morgan fingerprint density at radius 3 is 2.60 bits per heavy atom. The molecule has 0 aromatic carbocycles. The number of nitriles is 1. The van der Waals surface area contributed by atoms with Crippen molar-refractivity contribution >= 4 is 0 Å². The van der Waals surface area contributed by atoms with Crippen LogP contribution in [-0.2, 0) is 13.2 Å². The summed E-state index contributed by atoms with van der Waals surface area (Å²) in [5.74, 6) is 0.315. The Labute approximate surface area is 89.3 Å². The van der Waals surface area contributed by atoms with Crippen LogP contribution >= 0.6 is 0 Å². The molecule has 1 aromatic heterocycles. The number of nitrogens with zero attached hydrogens (tertiary/aromatic N) is 4. The average Bonchev–Trinajstić information content (AvgIpc) is 2.64. The maximum absolute atomic E-state index is 9.14. The fraction of sp³-hybridized carbons (Fsp3) is 0.700. The van der Waals surface area contributed by atoms with Gasteiger partial charge in [-0.25, -0.2) is 4.68 Å². The number of hydrogen-bond acceptors (Lipinski definition) is 4. The van der Waals surface area contributed by atoms with E-state index in [2.05, 4.69) is 24.2 Å². The molecule has 1 N–H and O–H groups in total. The monoisotopic (exact) mass is 208 g/mol. The number of aromatic nitrogens is 3. The van der Waals surface area contributed by atoms with Crippen LogP contribution in [0, 0.1) is 11.3 Å². The zero-order valence-corrected chi connectivity index (χ0v) is 9.14. The van der Waals surface area contributed by atoms with Crippen molar-refractivity contribution in [2.24, 2.45) is 0 Å². The Bertz CT molecular complexity index is 349. The molecule has 15 heavy (non-hydrogen) atoms. The maximum Gasteiger partial charge on any atom is 0.130 e. The van der Waals surface area contributed by atoms with E-state index in [9.17, 15) is 0 Å². The van der Waals surface area contributed by atoms with Crippen LogP contribution in [0.3, 0.4) is 0 Å². The molecular weight excluding hydrogens is 192 g/mol. The first kappa shape index (κ1) is 11.7. The third-order valence-electron chi connectivity index (χ3n) is 2.59. The predicted octanol–water partition coefficient (Wildman–Crippen LogP) is 1.20. The highest BCUT2D eigenvalue weighted by Crippen LogP contribution is 2.24. The summed E-state index contributed by atoms with van der Waals surface area (Å²) >= 11 is 0. The molecule has 0 saturated heterocycles. The van der Waals surface area contributed by atoms with Crippen molar-refractivity contribution in [1.29, 1.82) is 5.26 Å². The van der Waals surface area contributed by atoms with E-state index in [4.69, 9.17) is 10.4 Å². The molecule has 0 bridgehead atoms. The van der Waals surface area contributed by atoms with Gasteiger partial charge in [0.2, 0.25) is 0 Å². The lowest BCUT2D eigenvalue weighted by atomic mass is 9.97. The summed E-state index contributed by atoms with van der Waals surface area (Å²) < 4.78 is 1.59. The maximum atomic E-state index is 9.14. The molecule has 5 nitrogen and oxygen atoms in total. The van der Waals surface area contributed by atoms with Crippen molar-refractivity contribution in [3.05, 3.63) is 11.4 Å². The van der Waals surface area contributed by atoms with Crippen molar-refractivity contribution < 1.29 is 5.11 Å². The van der Waals surface area contributed by atoms with Crippen LogP contribution in [0.4, 0.5) is 0 Å². The van der Waals surface area contributed by atoms with Gasteiger partial charge in [0.25, 0.3) is 0 Å². The van der Waals surface area contributed by atoms with Gasteiger partial charge in [-0.3, -0.25) is 0 Å². The van der Waals surface area contributed by atoms with Gasteiger partial charge < -0.3 is 5.11 Å². The molecule has 0 aliphatic rings. The predicted molar refractivity (Wildman–Crippen MR) is 54.9 cm³/mol. The van der Waals surface area contributed by atoms with E-state index >= 15 is 0 Å². The van der Waals surface area contributed by atoms with Crippen molar-refractivity contribution in [2.45, 2.75) is 45.8 Å². The van der Waals surface area contributed by atoms with E-state index < -0.39 is 0 Å². The Kier molecular flexibility index (Phi) is 4.25. The molecule has 0 aliphatic heterocycles. The van der Waals surface area contributed by atoms with Gasteiger partial charge in [0.1, 0.15) is 12.2 Å². The van der Waals surface area contributed by atoms with Crippen LogP contribution in [0.2, 0.25) is 0 Å². The highest BCUT2D eigenvalue weighted by atomic mass is 16.3. The summed E-state index contributed by atoms with van der Waals surface area (Å²) in [6, 6.07) is 2.04. The fourth-order valence-corrected chi connectivity index (χ4v) is 1.77. The van der Waals surface area contributed by atoms with E-state index in [0.29, 0.717) is 11.6 Å². The summed E-state index contributed by atoms with van der Waals surface area (Å²) in [7, 11) is 0. The van der Waals surface area contributed by atoms with Gasteiger partial charge >= 0.3 is 0 Å². The lowest BCUT2D eigenvalue weighted by Gasteiger charge is -2.13.